The quantitative estimate of drug-likeness (QED) is 0.855. The van der Waals surface area contributed by atoms with Crippen molar-refractivity contribution in [1.82, 2.24) is 4.90 Å². The number of nitrogen functional groups attached to an aromatic ring is 1. The second-order valence-corrected chi connectivity index (χ2v) is 6.02. The summed E-state index contributed by atoms with van der Waals surface area (Å²) >= 11 is 1.64. The number of hydrogen-bond acceptors (Lipinski definition) is 4. The third-order valence-electron chi connectivity index (χ3n) is 3.76. The summed E-state index contributed by atoms with van der Waals surface area (Å²) < 4.78 is 5.78. The van der Waals surface area contributed by atoms with E-state index in [4.69, 9.17) is 10.5 Å². The third-order valence-corrected chi connectivity index (χ3v) is 4.46. The molecule has 2 N–H and O–H groups in total. The maximum Gasteiger partial charge on any atom is 0.254 e. The number of aryl methyl sites for hydroxylation is 1. The number of benzene rings is 1. The molecule has 0 aliphatic carbocycles. The predicted molar refractivity (Wildman–Crippen MR) is 91.8 cm³/mol. The van der Waals surface area contributed by atoms with Gasteiger partial charge in [0.15, 0.2) is 0 Å². The van der Waals surface area contributed by atoms with Gasteiger partial charge in [-0.25, -0.2) is 0 Å². The molecule has 1 saturated heterocycles. The van der Waals surface area contributed by atoms with Crippen LogP contribution in [0.2, 0.25) is 0 Å². The number of morpholine rings is 1. The minimum Gasteiger partial charge on any atom is -0.399 e. The highest BCUT2D eigenvalue weighted by atomic mass is 35.5. The first kappa shape index (κ1) is 16.8. The van der Waals surface area contributed by atoms with Crippen molar-refractivity contribution in [1.29, 1.82) is 0 Å². The third kappa shape index (κ3) is 3.43. The maximum atomic E-state index is 12.7. The van der Waals surface area contributed by atoms with Crippen LogP contribution in [0.15, 0.2) is 35.0 Å². The molecular weight excluding hydrogens is 320 g/mol. The van der Waals surface area contributed by atoms with Crippen molar-refractivity contribution in [3.05, 3.63) is 51.7 Å². The van der Waals surface area contributed by atoms with Crippen molar-refractivity contribution in [3.63, 3.8) is 0 Å². The van der Waals surface area contributed by atoms with Crippen molar-refractivity contribution in [2.24, 2.45) is 0 Å². The van der Waals surface area contributed by atoms with E-state index in [0.29, 0.717) is 30.9 Å². The summed E-state index contributed by atoms with van der Waals surface area (Å²) in [4.78, 5) is 14.6. The lowest BCUT2D eigenvalue weighted by molar-refractivity contribution is -0.0226. The average molecular weight is 339 g/mol. The van der Waals surface area contributed by atoms with E-state index >= 15 is 0 Å². The summed E-state index contributed by atoms with van der Waals surface area (Å²) in [5, 5.41) is 4.10. The zero-order chi connectivity index (χ0) is 14.8. The average Bonchev–Trinajstić information content (AvgIpc) is 3.03. The molecule has 0 saturated carbocycles. The molecule has 1 aliphatic rings. The molecule has 0 bridgehead atoms. The van der Waals surface area contributed by atoms with Crippen molar-refractivity contribution in [3.8, 4) is 0 Å². The Bertz CT molecular complexity index is 646. The van der Waals surface area contributed by atoms with Gasteiger partial charge in [0.1, 0.15) is 6.10 Å². The number of amides is 1. The van der Waals surface area contributed by atoms with Crippen LogP contribution in [0, 0.1) is 6.92 Å². The molecule has 22 heavy (non-hydrogen) atoms. The van der Waals surface area contributed by atoms with Crippen LogP contribution in [0.1, 0.15) is 27.6 Å². The number of anilines is 1. The molecule has 2 aromatic rings. The van der Waals surface area contributed by atoms with E-state index in [-0.39, 0.29) is 24.4 Å². The lowest BCUT2D eigenvalue weighted by Gasteiger charge is -2.33. The first-order valence-corrected chi connectivity index (χ1v) is 7.88. The van der Waals surface area contributed by atoms with Crippen LogP contribution in [0.3, 0.4) is 0 Å². The lowest BCUT2D eigenvalue weighted by atomic mass is 10.1. The van der Waals surface area contributed by atoms with E-state index in [1.165, 1.54) is 0 Å². The number of rotatable bonds is 2. The Morgan fingerprint density at radius 1 is 1.41 bits per heavy atom. The number of hydrogen-bond donors (Lipinski definition) is 1. The van der Waals surface area contributed by atoms with Gasteiger partial charge < -0.3 is 15.4 Å². The highest BCUT2D eigenvalue weighted by molar-refractivity contribution is 7.07. The molecule has 3 rings (SSSR count). The topological polar surface area (TPSA) is 55.6 Å². The zero-order valence-electron chi connectivity index (χ0n) is 12.3. The van der Waals surface area contributed by atoms with E-state index in [1.54, 1.807) is 17.4 Å². The molecule has 4 nitrogen and oxygen atoms in total. The maximum absolute atomic E-state index is 12.7. The van der Waals surface area contributed by atoms with Crippen LogP contribution in [0.25, 0.3) is 0 Å². The molecule has 1 fully saturated rings. The molecule has 1 aromatic carbocycles. The van der Waals surface area contributed by atoms with Crippen LogP contribution in [0.4, 0.5) is 5.69 Å². The highest BCUT2D eigenvalue weighted by Crippen LogP contribution is 2.25. The van der Waals surface area contributed by atoms with E-state index < -0.39 is 0 Å². The fourth-order valence-corrected chi connectivity index (χ4v) is 3.24. The van der Waals surface area contributed by atoms with Gasteiger partial charge in [0.2, 0.25) is 0 Å². The minimum atomic E-state index is -0.0321. The molecule has 1 aromatic heterocycles. The predicted octanol–water partition coefficient (Wildman–Crippen LogP) is 3.27. The van der Waals surface area contributed by atoms with E-state index in [9.17, 15) is 4.79 Å². The smallest absolute Gasteiger partial charge is 0.254 e. The molecule has 6 heteroatoms. The van der Waals surface area contributed by atoms with Gasteiger partial charge in [0, 0.05) is 17.8 Å². The number of carbonyl (C=O) groups is 1. The summed E-state index contributed by atoms with van der Waals surface area (Å²) in [5.41, 5.74) is 9.20. The summed E-state index contributed by atoms with van der Waals surface area (Å²) in [5.74, 6) is 0.0309. The zero-order valence-corrected chi connectivity index (χ0v) is 14.0. The van der Waals surface area contributed by atoms with Gasteiger partial charge in [-0.15, -0.1) is 12.4 Å². The Morgan fingerprint density at radius 2 is 2.23 bits per heavy atom. The standard InChI is InChI=1S/C16H18N2O2S.ClH/c1-11-2-3-13(17)8-14(11)16(19)18-5-6-20-15(9-18)12-4-7-21-10-12;/h2-4,7-8,10,15H,5-6,9,17H2,1H3;1H. The first-order valence-electron chi connectivity index (χ1n) is 6.94. The van der Waals surface area contributed by atoms with Gasteiger partial charge >= 0.3 is 0 Å². The van der Waals surface area contributed by atoms with Crippen LogP contribution in [0.5, 0.6) is 0 Å². The van der Waals surface area contributed by atoms with Crippen LogP contribution >= 0.6 is 23.7 Å². The summed E-state index contributed by atoms with van der Waals surface area (Å²) in [6, 6.07) is 7.51. The Morgan fingerprint density at radius 3 is 2.95 bits per heavy atom. The van der Waals surface area contributed by atoms with Gasteiger partial charge in [0.05, 0.1) is 13.2 Å². The van der Waals surface area contributed by atoms with E-state index in [0.717, 1.165) is 11.1 Å². The minimum absolute atomic E-state index is 0. The molecule has 2 heterocycles. The van der Waals surface area contributed by atoms with Gasteiger partial charge in [-0.2, -0.15) is 11.3 Å². The van der Waals surface area contributed by atoms with Gasteiger partial charge in [-0.1, -0.05) is 6.07 Å². The molecule has 0 radical (unpaired) electrons. The number of nitrogens with two attached hydrogens (primary N) is 1. The summed E-state index contributed by atoms with van der Waals surface area (Å²) in [6.07, 6.45) is -0.0321. The molecule has 118 valence electrons. The normalized spacial score (nSPS) is 17.9. The summed E-state index contributed by atoms with van der Waals surface area (Å²) in [7, 11) is 0. The molecule has 1 unspecified atom stereocenters. The lowest BCUT2D eigenvalue weighted by Crippen LogP contribution is -2.42. The van der Waals surface area contributed by atoms with Gasteiger partial charge in [0.25, 0.3) is 5.91 Å². The Kier molecular flexibility index (Phi) is 5.45. The number of thiophene rings is 1. The fourth-order valence-electron chi connectivity index (χ4n) is 2.53. The summed E-state index contributed by atoms with van der Waals surface area (Å²) in [6.45, 7) is 3.70. The van der Waals surface area contributed by atoms with Crippen molar-refractivity contribution < 1.29 is 9.53 Å². The molecule has 0 spiro atoms. The second kappa shape index (κ2) is 7.13. The van der Waals surface area contributed by atoms with Gasteiger partial charge in [-0.05, 0) is 47.0 Å². The van der Waals surface area contributed by atoms with Gasteiger partial charge in [-0.3, -0.25) is 4.79 Å². The van der Waals surface area contributed by atoms with E-state index in [1.807, 2.05) is 29.3 Å². The molecule has 1 amide bonds. The highest BCUT2D eigenvalue weighted by Gasteiger charge is 2.27. The van der Waals surface area contributed by atoms with Crippen molar-refractivity contribution in [2.45, 2.75) is 13.0 Å². The van der Waals surface area contributed by atoms with Crippen molar-refractivity contribution >= 4 is 35.3 Å². The SMILES string of the molecule is Cc1ccc(N)cc1C(=O)N1CCOC(c2ccsc2)C1.Cl. The molecule has 1 atom stereocenters. The monoisotopic (exact) mass is 338 g/mol. The second-order valence-electron chi connectivity index (χ2n) is 5.24. The molecular formula is C16H19ClN2O2S. The number of nitrogens with zero attached hydrogens (tertiary/aromatic N) is 1. The Balaban J connectivity index is 0.00000176. The fraction of sp³-hybridized carbons (Fsp3) is 0.312. The Labute approximate surface area is 140 Å². The number of ether oxygens (including phenoxy) is 1. The first-order chi connectivity index (χ1) is 10.1. The number of halogens is 1. The Hall–Kier alpha value is -1.56. The largest absolute Gasteiger partial charge is 0.399 e. The van der Waals surface area contributed by atoms with Crippen LogP contribution < -0.4 is 5.73 Å². The number of carbonyl (C=O) groups excluding carboxylic acids is 1. The van der Waals surface area contributed by atoms with E-state index in [2.05, 4.69) is 11.4 Å². The van der Waals surface area contributed by atoms with Crippen LogP contribution in [-0.2, 0) is 4.74 Å². The van der Waals surface area contributed by atoms with Crippen LogP contribution in [-0.4, -0.2) is 30.5 Å². The van der Waals surface area contributed by atoms with Crippen molar-refractivity contribution in [2.75, 3.05) is 25.4 Å². The molecule has 1 aliphatic heterocycles.